The van der Waals surface area contributed by atoms with Crippen molar-refractivity contribution in [2.75, 3.05) is 11.9 Å². The highest BCUT2D eigenvalue weighted by Gasteiger charge is 2.30. The van der Waals surface area contributed by atoms with Crippen LogP contribution in [0, 0.1) is 12.7 Å². The van der Waals surface area contributed by atoms with E-state index >= 15 is 0 Å². The molecule has 2 amide bonds. The van der Waals surface area contributed by atoms with Crippen LogP contribution < -0.4 is 10.6 Å². The van der Waals surface area contributed by atoms with Crippen LogP contribution >= 0.6 is 0 Å². The van der Waals surface area contributed by atoms with Gasteiger partial charge in [0.05, 0.1) is 5.56 Å². The van der Waals surface area contributed by atoms with Gasteiger partial charge in [-0.2, -0.15) is 26.3 Å². The van der Waals surface area contributed by atoms with Crippen LogP contribution in [-0.2, 0) is 11.0 Å². The van der Waals surface area contributed by atoms with E-state index in [1.165, 1.54) is 26.0 Å². The van der Waals surface area contributed by atoms with Crippen LogP contribution in [-0.4, -0.2) is 24.5 Å². The largest absolute Gasteiger partial charge is 0.416 e. The maximum Gasteiger partial charge on any atom is 0.416 e. The number of alkyl halides is 6. The van der Waals surface area contributed by atoms with Crippen molar-refractivity contribution in [1.82, 2.24) is 5.32 Å². The molecule has 0 aromatic heterocycles. The average molecular weight is 462 g/mol. The SMILES string of the molecule is C/C(=C/C(=O)Nc1cc(C(=O)NCC(F)(F)F)cc(F)c1C)c1ccc(C(F)(F)F)cc1. The van der Waals surface area contributed by atoms with Gasteiger partial charge >= 0.3 is 12.4 Å². The van der Waals surface area contributed by atoms with E-state index in [4.69, 9.17) is 0 Å². The molecule has 0 aliphatic rings. The lowest BCUT2D eigenvalue weighted by atomic mass is 10.0. The molecule has 0 heterocycles. The molecule has 0 radical (unpaired) electrons. The Labute approximate surface area is 178 Å². The van der Waals surface area contributed by atoms with Gasteiger partial charge in [-0.1, -0.05) is 12.1 Å². The first-order valence-corrected chi connectivity index (χ1v) is 8.99. The summed E-state index contributed by atoms with van der Waals surface area (Å²) in [4.78, 5) is 24.2. The molecular weight excluding hydrogens is 445 g/mol. The number of halogens is 7. The van der Waals surface area contributed by atoms with Crippen molar-refractivity contribution in [3.63, 3.8) is 0 Å². The normalized spacial score (nSPS) is 12.5. The van der Waals surface area contributed by atoms with Gasteiger partial charge in [-0.05, 0) is 49.2 Å². The first-order valence-electron chi connectivity index (χ1n) is 8.99. The van der Waals surface area contributed by atoms with Gasteiger partial charge in [-0.15, -0.1) is 0 Å². The van der Waals surface area contributed by atoms with E-state index in [0.29, 0.717) is 11.1 Å². The summed E-state index contributed by atoms with van der Waals surface area (Å²) in [7, 11) is 0. The standard InChI is InChI=1S/C21H17F7N2O2/c1-11(13-3-5-15(6-4-13)21(26,27)28)7-18(31)30-17-9-14(8-16(22)12(17)2)19(32)29-10-20(23,24)25/h3-9H,10H2,1-2H3,(H,29,32)(H,30,31)/b11-7-. The molecule has 0 aliphatic carbocycles. The second kappa shape index (κ2) is 9.41. The number of hydrogen-bond donors (Lipinski definition) is 2. The van der Waals surface area contributed by atoms with Crippen LogP contribution in [0.2, 0.25) is 0 Å². The second-order valence-corrected chi connectivity index (χ2v) is 6.82. The lowest BCUT2D eigenvalue weighted by Crippen LogP contribution is -2.33. The summed E-state index contributed by atoms with van der Waals surface area (Å²) in [5.74, 6) is -2.89. The first-order chi connectivity index (χ1) is 14.7. The minimum atomic E-state index is -4.66. The molecule has 2 N–H and O–H groups in total. The molecule has 0 saturated heterocycles. The Balaban J connectivity index is 2.19. The molecule has 32 heavy (non-hydrogen) atoms. The van der Waals surface area contributed by atoms with Crippen LogP contribution in [0.15, 0.2) is 42.5 Å². The Morgan fingerprint density at radius 1 is 0.969 bits per heavy atom. The number of carbonyl (C=O) groups is 2. The van der Waals surface area contributed by atoms with Gasteiger partial charge in [-0.3, -0.25) is 9.59 Å². The molecule has 0 bridgehead atoms. The van der Waals surface area contributed by atoms with E-state index < -0.39 is 47.7 Å². The smallest absolute Gasteiger partial charge is 0.343 e. The highest BCUT2D eigenvalue weighted by atomic mass is 19.4. The number of anilines is 1. The predicted octanol–water partition coefficient (Wildman–Crippen LogP) is 5.49. The van der Waals surface area contributed by atoms with Crippen molar-refractivity contribution in [3.05, 3.63) is 70.5 Å². The van der Waals surface area contributed by atoms with Gasteiger partial charge in [0.1, 0.15) is 12.4 Å². The average Bonchev–Trinajstić information content (AvgIpc) is 2.68. The summed E-state index contributed by atoms with van der Waals surface area (Å²) in [5, 5.41) is 3.92. The Morgan fingerprint density at radius 2 is 1.56 bits per heavy atom. The van der Waals surface area contributed by atoms with Crippen LogP contribution in [0.3, 0.4) is 0 Å². The van der Waals surface area contributed by atoms with E-state index in [-0.39, 0.29) is 11.3 Å². The molecular formula is C21H17F7N2O2. The van der Waals surface area contributed by atoms with Crippen LogP contribution in [0.5, 0.6) is 0 Å². The predicted molar refractivity (Wildman–Crippen MR) is 103 cm³/mol. The third-order valence-electron chi connectivity index (χ3n) is 4.33. The molecule has 172 valence electrons. The van der Waals surface area contributed by atoms with Crippen LogP contribution in [0.4, 0.5) is 36.4 Å². The highest BCUT2D eigenvalue weighted by Crippen LogP contribution is 2.30. The molecule has 0 spiro atoms. The number of allylic oxidation sites excluding steroid dienone is 1. The number of nitrogens with one attached hydrogen (secondary N) is 2. The molecule has 2 aromatic rings. The van der Waals surface area contributed by atoms with E-state index in [1.54, 1.807) is 5.32 Å². The third kappa shape index (κ3) is 6.82. The fourth-order valence-corrected chi connectivity index (χ4v) is 2.59. The zero-order valence-corrected chi connectivity index (χ0v) is 16.7. The lowest BCUT2D eigenvalue weighted by Gasteiger charge is -2.12. The van der Waals surface area contributed by atoms with Crippen molar-refractivity contribution < 1.29 is 40.3 Å². The maximum absolute atomic E-state index is 14.1. The Morgan fingerprint density at radius 3 is 2.09 bits per heavy atom. The molecule has 2 aromatic carbocycles. The summed E-state index contributed by atoms with van der Waals surface area (Å²) in [5.41, 5.74) is -0.874. The minimum absolute atomic E-state index is 0.0636. The molecule has 0 fully saturated rings. The summed E-state index contributed by atoms with van der Waals surface area (Å²) in [6, 6.07) is 5.82. The van der Waals surface area contributed by atoms with Crippen molar-refractivity contribution in [2.24, 2.45) is 0 Å². The molecule has 0 aliphatic heterocycles. The van der Waals surface area contributed by atoms with Gasteiger partial charge < -0.3 is 10.6 Å². The number of benzene rings is 2. The van der Waals surface area contributed by atoms with Crippen LogP contribution in [0.1, 0.15) is 34.0 Å². The van der Waals surface area contributed by atoms with Crippen molar-refractivity contribution in [3.8, 4) is 0 Å². The third-order valence-corrected chi connectivity index (χ3v) is 4.33. The number of hydrogen-bond acceptors (Lipinski definition) is 2. The van der Waals surface area contributed by atoms with Crippen molar-refractivity contribution in [2.45, 2.75) is 26.2 Å². The Kier molecular flexibility index (Phi) is 7.32. The van der Waals surface area contributed by atoms with Crippen LogP contribution in [0.25, 0.3) is 5.57 Å². The summed E-state index contributed by atoms with van der Waals surface area (Å²) >= 11 is 0. The van der Waals surface area contributed by atoms with Gasteiger partial charge in [0.2, 0.25) is 5.91 Å². The molecule has 11 heteroatoms. The van der Waals surface area contributed by atoms with E-state index in [0.717, 1.165) is 30.3 Å². The molecule has 0 atom stereocenters. The fourth-order valence-electron chi connectivity index (χ4n) is 2.59. The van der Waals surface area contributed by atoms with Gasteiger partial charge in [0.25, 0.3) is 5.91 Å². The highest BCUT2D eigenvalue weighted by molar-refractivity contribution is 6.05. The van der Waals surface area contributed by atoms with Gasteiger partial charge in [-0.25, -0.2) is 4.39 Å². The number of amides is 2. The Hall–Kier alpha value is -3.37. The van der Waals surface area contributed by atoms with E-state index in [1.807, 2.05) is 0 Å². The quantitative estimate of drug-likeness (QED) is 0.456. The monoisotopic (exact) mass is 462 g/mol. The van der Waals surface area contributed by atoms with Crippen molar-refractivity contribution in [1.29, 1.82) is 0 Å². The zero-order chi connectivity index (χ0) is 24.3. The summed E-state index contributed by atoms with van der Waals surface area (Å²) in [6.45, 7) is 1.14. The second-order valence-electron chi connectivity index (χ2n) is 6.82. The molecule has 2 rings (SSSR count). The maximum atomic E-state index is 14.1. The fraction of sp³-hybridized carbons (Fsp3) is 0.238. The van der Waals surface area contributed by atoms with E-state index in [9.17, 15) is 40.3 Å². The molecule has 0 unspecified atom stereocenters. The summed E-state index contributed by atoms with van der Waals surface area (Å²) in [6.07, 6.45) is -8.11. The lowest BCUT2D eigenvalue weighted by molar-refractivity contribution is -0.137. The minimum Gasteiger partial charge on any atom is -0.343 e. The molecule has 4 nitrogen and oxygen atoms in total. The van der Waals surface area contributed by atoms with Gasteiger partial charge in [0.15, 0.2) is 0 Å². The van der Waals surface area contributed by atoms with Crippen molar-refractivity contribution >= 4 is 23.1 Å². The summed E-state index contributed by atoms with van der Waals surface area (Å²) < 4.78 is 88.8. The number of rotatable bonds is 5. The molecule has 0 saturated carbocycles. The van der Waals surface area contributed by atoms with E-state index in [2.05, 4.69) is 5.32 Å². The zero-order valence-electron chi connectivity index (χ0n) is 16.7. The van der Waals surface area contributed by atoms with Gasteiger partial charge in [0, 0.05) is 22.9 Å². The first kappa shape index (κ1) is 24.9. The Bertz CT molecular complexity index is 1040. The number of carbonyl (C=O) groups excluding carboxylic acids is 2. The topological polar surface area (TPSA) is 58.2 Å².